The highest BCUT2D eigenvalue weighted by Crippen LogP contribution is 2.52. The van der Waals surface area contributed by atoms with E-state index < -0.39 is 0 Å². The summed E-state index contributed by atoms with van der Waals surface area (Å²) >= 11 is 0. The van der Waals surface area contributed by atoms with Crippen molar-refractivity contribution < 1.29 is 4.42 Å². The van der Waals surface area contributed by atoms with Crippen LogP contribution < -0.4 is 9.80 Å². The molecular formula is C74H50N2O. The van der Waals surface area contributed by atoms with Crippen molar-refractivity contribution in [3.8, 4) is 22.3 Å². The molecule has 0 atom stereocenters. The Labute approximate surface area is 446 Å². The van der Waals surface area contributed by atoms with E-state index in [1.165, 1.54) is 76.5 Å². The molecule has 1 heterocycles. The predicted octanol–water partition coefficient (Wildman–Crippen LogP) is 21.4. The van der Waals surface area contributed by atoms with E-state index in [1.54, 1.807) is 0 Å². The fraction of sp³-hybridized carbons (Fsp3) is 0.0270. The zero-order valence-electron chi connectivity index (χ0n) is 42.7. The first-order chi connectivity index (χ1) is 38.0. The topological polar surface area (TPSA) is 19.6 Å². The first-order valence-corrected chi connectivity index (χ1v) is 26.6. The van der Waals surface area contributed by atoms with E-state index >= 15 is 0 Å². The quantitative estimate of drug-likeness (QED) is 0.141. The lowest BCUT2D eigenvalue weighted by Gasteiger charge is -2.31. The van der Waals surface area contributed by atoms with Crippen LogP contribution in [0.15, 0.2) is 271 Å². The molecule has 0 saturated carbocycles. The van der Waals surface area contributed by atoms with Gasteiger partial charge in [-0.15, -0.1) is 0 Å². The Morgan fingerprint density at radius 3 is 0.961 bits per heavy atom. The first-order valence-electron chi connectivity index (χ1n) is 26.6. The molecule has 0 amide bonds. The van der Waals surface area contributed by atoms with Crippen LogP contribution in [0.5, 0.6) is 0 Å². The van der Waals surface area contributed by atoms with Crippen LogP contribution in [0.3, 0.4) is 0 Å². The third kappa shape index (κ3) is 7.34. The lowest BCUT2D eigenvalue weighted by Crippen LogP contribution is -2.12. The fourth-order valence-electron chi connectivity index (χ4n) is 12.2. The maximum atomic E-state index is 6.97. The largest absolute Gasteiger partial charge is 0.456 e. The number of rotatable bonds is 8. The molecule has 0 aliphatic carbocycles. The van der Waals surface area contributed by atoms with Crippen LogP contribution in [0.2, 0.25) is 0 Å². The number of fused-ring (bicyclic) bond motifs is 11. The van der Waals surface area contributed by atoms with Gasteiger partial charge in [0.15, 0.2) is 0 Å². The van der Waals surface area contributed by atoms with Gasteiger partial charge < -0.3 is 14.2 Å². The van der Waals surface area contributed by atoms with Gasteiger partial charge in [-0.25, -0.2) is 0 Å². The molecule has 3 heteroatoms. The van der Waals surface area contributed by atoms with E-state index in [4.69, 9.17) is 4.42 Å². The molecule has 1 aromatic heterocycles. The highest BCUT2D eigenvalue weighted by Gasteiger charge is 2.26. The first kappa shape index (κ1) is 44.5. The molecule has 0 fully saturated rings. The van der Waals surface area contributed by atoms with Crippen LogP contribution >= 0.6 is 0 Å². The standard InChI is InChI=1S/C74H50N2O/c1-47-29-35-55(36-30-47)75(73-65-27-15-11-23-61(65)59-21-9-13-25-63(59)71(73)49-17-5-3-6-18-49)57-39-33-51-43-67-68-44-52-34-40-58(42-54(52)46-70(68)77-69(67)45-53(51)41-57)76(56-37-31-48(2)32-38-56)74-66-28-16-12-24-62(66)60-22-10-14-26-64(60)72(74)50-19-7-4-8-20-50/h3-46H,1-2H3. The van der Waals surface area contributed by atoms with Crippen molar-refractivity contribution in [3.63, 3.8) is 0 Å². The van der Waals surface area contributed by atoms with E-state index in [0.29, 0.717) is 0 Å². The lowest BCUT2D eigenvalue weighted by atomic mass is 9.90. The minimum absolute atomic E-state index is 0.861. The van der Waals surface area contributed by atoms with Crippen molar-refractivity contribution in [3.05, 3.63) is 278 Å². The summed E-state index contributed by atoms with van der Waals surface area (Å²) in [6, 6.07) is 98.0. The molecule has 0 bridgehead atoms. The lowest BCUT2D eigenvalue weighted by molar-refractivity contribution is 0.670. The zero-order valence-corrected chi connectivity index (χ0v) is 42.7. The molecule has 15 rings (SSSR count). The second kappa shape index (κ2) is 17.9. The molecule has 362 valence electrons. The average Bonchev–Trinajstić information content (AvgIpc) is 3.96. The molecule has 3 nitrogen and oxygen atoms in total. The molecular weight excluding hydrogens is 933 g/mol. The molecule has 77 heavy (non-hydrogen) atoms. The van der Waals surface area contributed by atoms with Crippen molar-refractivity contribution in [1.29, 1.82) is 0 Å². The summed E-state index contributed by atoms with van der Waals surface area (Å²) in [5.74, 6) is 0. The highest BCUT2D eigenvalue weighted by molar-refractivity contribution is 6.24. The molecule has 0 unspecified atom stereocenters. The fourth-order valence-corrected chi connectivity index (χ4v) is 12.2. The van der Waals surface area contributed by atoms with Crippen LogP contribution in [0.1, 0.15) is 11.1 Å². The Morgan fingerprint density at radius 2 is 0.571 bits per heavy atom. The maximum absolute atomic E-state index is 6.97. The Bertz CT molecular complexity index is 4500. The van der Waals surface area contributed by atoms with Crippen LogP contribution in [0.4, 0.5) is 34.1 Å². The van der Waals surface area contributed by atoms with Crippen molar-refractivity contribution in [1.82, 2.24) is 0 Å². The van der Waals surface area contributed by atoms with Gasteiger partial charge in [0.05, 0.1) is 11.4 Å². The summed E-state index contributed by atoms with van der Waals surface area (Å²) in [6.45, 7) is 4.31. The van der Waals surface area contributed by atoms with Gasteiger partial charge in [-0.3, -0.25) is 0 Å². The second-order valence-corrected chi connectivity index (χ2v) is 20.6. The smallest absolute Gasteiger partial charge is 0.136 e. The zero-order chi connectivity index (χ0) is 51.1. The summed E-state index contributed by atoms with van der Waals surface area (Å²) in [4.78, 5) is 4.93. The van der Waals surface area contributed by atoms with Crippen LogP contribution in [-0.2, 0) is 0 Å². The number of anilines is 6. The average molecular weight is 983 g/mol. The minimum atomic E-state index is 0.861. The van der Waals surface area contributed by atoms with E-state index in [9.17, 15) is 0 Å². The Kier molecular flexibility index (Phi) is 10.3. The monoisotopic (exact) mass is 982 g/mol. The van der Waals surface area contributed by atoms with Gasteiger partial charge in [0.2, 0.25) is 0 Å². The third-order valence-electron chi connectivity index (χ3n) is 15.8. The highest BCUT2D eigenvalue weighted by atomic mass is 16.3. The molecule has 0 N–H and O–H groups in total. The minimum Gasteiger partial charge on any atom is -0.456 e. The molecule has 0 aliphatic heterocycles. The summed E-state index contributed by atoms with van der Waals surface area (Å²) in [5, 5.41) is 16.5. The summed E-state index contributed by atoms with van der Waals surface area (Å²) < 4.78 is 6.97. The Balaban J connectivity index is 0.912. The number of aryl methyl sites for hydroxylation is 2. The molecule has 15 aromatic rings. The summed E-state index contributed by atoms with van der Waals surface area (Å²) in [6.07, 6.45) is 0. The Morgan fingerprint density at radius 1 is 0.247 bits per heavy atom. The van der Waals surface area contributed by atoms with Gasteiger partial charge in [0.25, 0.3) is 0 Å². The van der Waals surface area contributed by atoms with Gasteiger partial charge in [0.1, 0.15) is 11.2 Å². The molecule has 0 saturated heterocycles. The molecule has 14 aromatic carbocycles. The van der Waals surface area contributed by atoms with Gasteiger partial charge in [-0.05, 0) is 152 Å². The number of nitrogens with zero attached hydrogens (tertiary/aromatic N) is 2. The predicted molar refractivity (Wildman–Crippen MR) is 328 cm³/mol. The number of hydrogen-bond acceptors (Lipinski definition) is 3. The van der Waals surface area contributed by atoms with E-state index in [1.807, 2.05) is 0 Å². The summed E-state index contributed by atoms with van der Waals surface area (Å²) in [7, 11) is 0. The van der Waals surface area contributed by atoms with Crippen molar-refractivity contribution in [2.45, 2.75) is 13.8 Å². The molecule has 0 spiro atoms. The van der Waals surface area contributed by atoms with Crippen LogP contribution in [0, 0.1) is 13.8 Å². The molecule has 0 aliphatic rings. The Hall–Kier alpha value is -9.96. The summed E-state index contributed by atoms with van der Waals surface area (Å²) in [5.41, 5.74) is 15.5. The van der Waals surface area contributed by atoms with Crippen LogP contribution in [0.25, 0.3) is 109 Å². The SMILES string of the molecule is Cc1ccc(N(c2ccc3cc4c(cc3c2)oc2cc3cc(N(c5ccc(C)cc5)c5c(-c6ccccc6)c6ccccc6c6ccccc56)ccc3cc24)c2c(-c3ccccc3)c3ccccc3c3ccccc23)cc1. The van der Waals surface area contributed by atoms with E-state index in [0.717, 1.165) is 77.6 Å². The normalized spacial score (nSPS) is 11.8. The van der Waals surface area contributed by atoms with Crippen molar-refractivity contribution in [2.24, 2.45) is 0 Å². The van der Waals surface area contributed by atoms with Crippen LogP contribution in [-0.4, -0.2) is 0 Å². The second-order valence-electron chi connectivity index (χ2n) is 20.6. The molecule has 0 radical (unpaired) electrons. The van der Waals surface area contributed by atoms with E-state index in [2.05, 4.69) is 291 Å². The van der Waals surface area contributed by atoms with Crippen molar-refractivity contribution in [2.75, 3.05) is 9.80 Å². The van der Waals surface area contributed by atoms with Gasteiger partial charge in [0, 0.05) is 55.4 Å². The number of benzene rings is 14. The van der Waals surface area contributed by atoms with Gasteiger partial charge in [-0.2, -0.15) is 0 Å². The van der Waals surface area contributed by atoms with Gasteiger partial charge in [-0.1, -0.05) is 205 Å². The third-order valence-corrected chi connectivity index (χ3v) is 15.8. The van der Waals surface area contributed by atoms with Crippen molar-refractivity contribution >= 4 is 121 Å². The maximum Gasteiger partial charge on any atom is 0.136 e. The van der Waals surface area contributed by atoms with Gasteiger partial charge >= 0.3 is 0 Å². The number of hydrogen-bond donors (Lipinski definition) is 0. The number of furan rings is 1. The van der Waals surface area contributed by atoms with E-state index in [-0.39, 0.29) is 0 Å².